The second kappa shape index (κ2) is 15.7. The number of hydrogen-bond donors (Lipinski definition) is 1. The second-order valence-corrected chi connectivity index (χ2v) is 11.4. The van der Waals surface area contributed by atoms with E-state index in [4.69, 9.17) is 5.73 Å². The van der Waals surface area contributed by atoms with Gasteiger partial charge in [-0.2, -0.15) is 0 Å². The van der Waals surface area contributed by atoms with E-state index in [-0.39, 0.29) is 0 Å². The molecule has 0 bridgehead atoms. The van der Waals surface area contributed by atoms with Crippen molar-refractivity contribution in [2.45, 2.75) is 66.7 Å². The molecular weight excluding hydrogens is 498 g/mol. The maximum atomic E-state index is 5.50. The summed E-state index contributed by atoms with van der Waals surface area (Å²) < 4.78 is 0. The molecule has 214 valence electrons. The van der Waals surface area contributed by atoms with E-state index in [1.807, 2.05) is 30.7 Å². The number of rotatable bonds is 5. The molecule has 5 rings (SSSR count). The molecule has 1 aliphatic carbocycles. The molecule has 2 N–H and O–H groups in total. The Kier molecular flexibility index (Phi) is 12.1. The summed E-state index contributed by atoms with van der Waals surface area (Å²) in [6.45, 7) is 15.4. The number of nitrogens with zero attached hydrogens (tertiary/aromatic N) is 2. The number of fused-ring (bicyclic) bond motifs is 2. The average Bonchev–Trinajstić information content (AvgIpc) is 2.99. The molecule has 2 aromatic carbocycles. The lowest BCUT2D eigenvalue weighted by Gasteiger charge is -2.20. The zero-order valence-corrected chi connectivity index (χ0v) is 25.9. The molecular formula is C38H47N3. The fraction of sp³-hybridized carbons (Fsp3) is 0.316. The average molecular weight is 546 g/mol. The Balaban J connectivity index is 0.000000170. The first kappa shape index (κ1) is 31.5. The SMILES string of the molecule is CC(C)c1cncc2ccccc12.CC(C)c1nccc2ccccc12.CCC1C=CC=C/C1=C(/C=C\N)C(C)C. The number of aromatic nitrogens is 2. The Hall–Kier alpha value is -3.98. The third-order valence-electron chi connectivity index (χ3n) is 7.37. The molecule has 2 aromatic heterocycles. The molecule has 0 fully saturated rings. The van der Waals surface area contributed by atoms with Crippen LogP contribution >= 0.6 is 0 Å². The summed E-state index contributed by atoms with van der Waals surface area (Å²) in [6, 6.07) is 18.8. The van der Waals surface area contributed by atoms with Crippen molar-refractivity contribution in [2.24, 2.45) is 17.6 Å². The number of pyridine rings is 2. The Bertz CT molecular complexity index is 1430. The van der Waals surface area contributed by atoms with Gasteiger partial charge in [0.1, 0.15) is 0 Å². The molecule has 0 spiro atoms. The largest absolute Gasteiger partial charge is 0.405 e. The van der Waals surface area contributed by atoms with Crippen molar-refractivity contribution in [2.75, 3.05) is 0 Å². The van der Waals surface area contributed by atoms with Crippen LogP contribution in [0, 0.1) is 11.8 Å². The summed E-state index contributed by atoms with van der Waals surface area (Å²) in [7, 11) is 0. The van der Waals surface area contributed by atoms with Gasteiger partial charge in [-0.05, 0) is 70.0 Å². The predicted molar refractivity (Wildman–Crippen MR) is 179 cm³/mol. The third-order valence-corrected chi connectivity index (χ3v) is 7.37. The van der Waals surface area contributed by atoms with Crippen LogP contribution in [0.3, 0.4) is 0 Å². The minimum atomic E-state index is 0.492. The first-order valence-corrected chi connectivity index (χ1v) is 14.9. The molecule has 0 radical (unpaired) electrons. The number of nitrogens with two attached hydrogens (primary N) is 1. The van der Waals surface area contributed by atoms with E-state index in [0.717, 1.165) is 6.42 Å². The highest BCUT2D eigenvalue weighted by Gasteiger charge is 2.14. The summed E-state index contributed by atoms with van der Waals surface area (Å²) in [5, 5.41) is 5.11. The van der Waals surface area contributed by atoms with E-state index in [1.54, 1.807) is 6.20 Å². The standard InChI is InChI=1S/C14H21N.2C12H13N/c1-4-12-7-5-6-8-14(12)13(9-10-15)11(2)3;1-9(2)12-8-13-7-10-5-3-4-6-11(10)12;1-9(2)12-11-6-4-3-5-10(11)7-8-13-12/h5-12H,4,15H2,1-3H3;2*3-9H,1-2H3/b10-9-,14-13+;;. The van der Waals surface area contributed by atoms with Gasteiger partial charge in [-0.15, -0.1) is 0 Å². The van der Waals surface area contributed by atoms with Gasteiger partial charge in [-0.25, -0.2) is 0 Å². The Morgan fingerprint density at radius 1 is 0.829 bits per heavy atom. The van der Waals surface area contributed by atoms with Crippen LogP contribution in [0.5, 0.6) is 0 Å². The van der Waals surface area contributed by atoms with Crippen molar-refractivity contribution < 1.29 is 0 Å². The van der Waals surface area contributed by atoms with Gasteiger partial charge in [0.05, 0.1) is 5.69 Å². The van der Waals surface area contributed by atoms with Gasteiger partial charge < -0.3 is 5.73 Å². The molecule has 0 saturated carbocycles. The van der Waals surface area contributed by atoms with E-state index in [0.29, 0.717) is 23.7 Å². The van der Waals surface area contributed by atoms with Gasteiger partial charge in [-0.1, -0.05) is 121 Å². The third kappa shape index (κ3) is 8.50. The highest BCUT2D eigenvalue weighted by molar-refractivity contribution is 5.85. The summed E-state index contributed by atoms with van der Waals surface area (Å²) in [4.78, 5) is 8.64. The van der Waals surface area contributed by atoms with Gasteiger partial charge in [-0.3, -0.25) is 9.97 Å². The smallest absolute Gasteiger partial charge is 0.0507 e. The van der Waals surface area contributed by atoms with Gasteiger partial charge in [0.25, 0.3) is 0 Å². The molecule has 1 unspecified atom stereocenters. The topological polar surface area (TPSA) is 51.8 Å². The van der Waals surface area contributed by atoms with E-state index in [1.165, 1.54) is 43.9 Å². The fourth-order valence-corrected chi connectivity index (χ4v) is 5.18. The van der Waals surface area contributed by atoms with Crippen molar-refractivity contribution in [3.63, 3.8) is 0 Å². The number of hydrogen-bond acceptors (Lipinski definition) is 3. The molecule has 0 saturated heterocycles. The molecule has 2 heterocycles. The fourth-order valence-electron chi connectivity index (χ4n) is 5.18. The zero-order valence-electron chi connectivity index (χ0n) is 25.9. The second-order valence-electron chi connectivity index (χ2n) is 11.4. The molecule has 3 heteroatoms. The molecule has 0 aliphatic heterocycles. The van der Waals surface area contributed by atoms with E-state index < -0.39 is 0 Å². The van der Waals surface area contributed by atoms with Gasteiger partial charge in [0, 0.05) is 35.3 Å². The number of allylic oxidation sites excluding steroid dienone is 7. The zero-order chi connectivity index (χ0) is 29.8. The summed E-state index contributed by atoms with van der Waals surface area (Å²) in [5.41, 5.74) is 10.8. The summed E-state index contributed by atoms with van der Waals surface area (Å²) >= 11 is 0. The minimum absolute atomic E-state index is 0.492. The van der Waals surface area contributed by atoms with Crippen LogP contribution in [0.1, 0.15) is 78.0 Å². The van der Waals surface area contributed by atoms with E-state index in [9.17, 15) is 0 Å². The maximum Gasteiger partial charge on any atom is 0.0507 e. The van der Waals surface area contributed by atoms with Crippen LogP contribution in [-0.4, -0.2) is 9.97 Å². The highest BCUT2D eigenvalue weighted by Crippen LogP contribution is 2.29. The van der Waals surface area contributed by atoms with Gasteiger partial charge in [0.15, 0.2) is 0 Å². The normalized spacial score (nSPS) is 15.8. The van der Waals surface area contributed by atoms with Gasteiger partial charge >= 0.3 is 0 Å². The monoisotopic (exact) mass is 545 g/mol. The van der Waals surface area contributed by atoms with Crippen molar-refractivity contribution >= 4 is 21.5 Å². The van der Waals surface area contributed by atoms with Crippen molar-refractivity contribution in [1.82, 2.24) is 9.97 Å². The summed E-state index contributed by atoms with van der Waals surface area (Å²) in [5.74, 6) is 2.10. The van der Waals surface area contributed by atoms with Crippen molar-refractivity contribution in [1.29, 1.82) is 0 Å². The van der Waals surface area contributed by atoms with Crippen LogP contribution in [-0.2, 0) is 0 Å². The Morgan fingerprint density at radius 2 is 1.51 bits per heavy atom. The highest BCUT2D eigenvalue weighted by atomic mass is 14.7. The molecule has 41 heavy (non-hydrogen) atoms. The van der Waals surface area contributed by atoms with E-state index >= 15 is 0 Å². The quantitative estimate of drug-likeness (QED) is 0.271. The Morgan fingerprint density at radius 3 is 2.15 bits per heavy atom. The van der Waals surface area contributed by atoms with Crippen molar-refractivity contribution in [3.05, 3.63) is 132 Å². The van der Waals surface area contributed by atoms with Crippen LogP contribution < -0.4 is 5.73 Å². The van der Waals surface area contributed by atoms with Crippen molar-refractivity contribution in [3.8, 4) is 0 Å². The number of benzene rings is 2. The molecule has 1 atom stereocenters. The van der Waals surface area contributed by atoms with E-state index in [2.05, 4.69) is 131 Å². The molecule has 1 aliphatic rings. The first-order valence-electron chi connectivity index (χ1n) is 14.9. The van der Waals surface area contributed by atoms with Crippen LogP contribution in [0.15, 0.2) is 121 Å². The first-order chi connectivity index (χ1) is 19.8. The summed E-state index contributed by atoms with van der Waals surface area (Å²) in [6.07, 6.45) is 19.3. The minimum Gasteiger partial charge on any atom is -0.405 e. The predicted octanol–water partition coefficient (Wildman–Crippen LogP) is 10.3. The Labute approximate surface area is 247 Å². The maximum absolute atomic E-state index is 5.50. The van der Waals surface area contributed by atoms with Crippen LogP contribution in [0.4, 0.5) is 0 Å². The molecule has 0 amide bonds. The molecule has 3 nitrogen and oxygen atoms in total. The lowest BCUT2D eigenvalue weighted by atomic mass is 9.85. The molecule has 4 aromatic rings. The lowest BCUT2D eigenvalue weighted by Crippen LogP contribution is -2.07. The van der Waals surface area contributed by atoms with Crippen LogP contribution in [0.2, 0.25) is 0 Å². The van der Waals surface area contributed by atoms with Gasteiger partial charge in [0.2, 0.25) is 0 Å². The van der Waals surface area contributed by atoms with Crippen LogP contribution in [0.25, 0.3) is 21.5 Å². The lowest BCUT2D eigenvalue weighted by molar-refractivity contribution is 0.698.